The number of amides is 1. The molecule has 0 bridgehead atoms. The SMILES string of the molecule is CCOC(=O)c1c(NC(=O)c2c(F)c(F)c(F)c(F)c2F)sc2c1CCCCCC2. The average molecular weight is 447 g/mol. The van der Waals surface area contributed by atoms with Crippen LogP contribution in [0.1, 0.15) is 63.8 Å². The van der Waals surface area contributed by atoms with Gasteiger partial charge in [-0.15, -0.1) is 11.3 Å². The highest BCUT2D eigenvalue weighted by atomic mass is 32.1. The number of esters is 1. The summed E-state index contributed by atoms with van der Waals surface area (Å²) in [7, 11) is 0. The minimum Gasteiger partial charge on any atom is -0.462 e. The molecule has 0 unspecified atom stereocenters. The Morgan fingerprint density at radius 1 is 0.867 bits per heavy atom. The molecule has 1 aliphatic rings. The molecule has 1 aromatic heterocycles. The molecule has 0 radical (unpaired) electrons. The predicted octanol–water partition coefficient (Wildman–Crippen LogP) is 5.53. The highest BCUT2D eigenvalue weighted by Crippen LogP contribution is 2.38. The fourth-order valence-electron chi connectivity index (χ4n) is 3.40. The van der Waals surface area contributed by atoms with Gasteiger partial charge >= 0.3 is 5.97 Å². The fraction of sp³-hybridized carbons (Fsp3) is 0.400. The number of ether oxygens (including phenoxy) is 1. The number of carbonyl (C=O) groups is 2. The second kappa shape index (κ2) is 9.11. The lowest BCUT2D eigenvalue weighted by atomic mass is 9.96. The van der Waals surface area contributed by atoms with Gasteiger partial charge < -0.3 is 10.1 Å². The second-order valence-electron chi connectivity index (χ2n) is 6.74. The van der Waals surface area contributed by atoms with Crippen molar-refractivity contribution in [1.29, 1.82) is 0 Å². The Balaban J connectivity index is 2.05. The number of benzene rings is 1. The van der Waals surface area contributed by atoms with E-state index in [-0.39, 0.29) is 17.2 Å². The predicted molar refractivity (Wildman–Crippen MR) is 100 cm³/mol. The minimum absolute atomic E-state index is 0.0331. The monoisotopic (exact) mass is 447 g/mol. The summed E-state index contributed by atoms with van der Waals surface area (Å²) in [4.78, 5) is 25.8. The smallest absolute Gasteiger partial charge is 0.341 e. The van der Waals surface area contributed by atoms with Gasteiger partial charge in [-0.05, 0) is 38.2 Å². The van der Waals surface area contributed by atoms with E-state index < -0.39 is 46.5 Å². The van der Waals surface area contributed by atoms with Crippen LogP contribution in [0.15, 0.2) is 0 Å². The van der Waals surface area contributed by atoms with Crippen molar-refractivity contribution in [3.63, 3.8) is 0 Å². The molecular weight excluding hydrogens is 429 g/mol. The number of rotatable bonds is 4. The summed E-state index contributed by atoms with van der Waals surface area (Å²) in [6.45, 7) is 1.66. The Labute approximate surface area is 173 Å². The van der Waals surface area contributed by atoms with Gasteiger partial charge in [0, 0.05) is 4.88 Å². The van der Waals surface area contributed by atoms with E-state index in [9.17, 15) is 31.5 Å². The van der Waals surface area contributed by atoms with Crippen LogP contribution in [-0.4, -0.2) is 18.5 Å². The molecule has 1 aliphatic carbocycles. The summed E-state index contributed by atoms with van der Waals surface area (Å²) in [5.41, 5.74) is -0.858. The first-order chi connectivity index (χ1) is 14.3. The third kappa shape index (κ3) is 4.05. The van der Waals surface area contributed by atoms with Crippen LogP contribution in [0.25, 0.3) is 0 Å². The number of halogens is 5. The molecule has 0 spiro atoms. The third-order valence-corrected chi connectivity index (χ3v) is 6.02. The van der Waals surface area contributed by atoms with Crippen LogP contribution in [0.3, 0.4) is 0 Å². The van der Waals surface area contributed by atoms with E-state index in [0.717, 1.165) is 41.9 Å². The van der Waals surface area contributed by atoms with Crippen molar-refractivity contribution in [3.05, 3.63) is 50.7 Å². The van der Waals surface area contributed by atoms with Crippen molar-refractivity contribution < 1.29 is 36.3 Å². The van der Waals surface area contributed by atoms with E-state index in [1.165, 1.54) is 0 Å². The van der Waals surface area contributed by atoms with Crippen molar-refractivity contribution >= 4 is 28.2 Å². The van der Waals surface area contributed by atoms with Crippen LogP contribution in [0.5, 0.6) is 0 Å². The minimum atomic E-state index is -2.35. The first-order valence-electron chi connectivity index (χ1n) is 9.42. The van der Waals surface area contributed by atoms with E-state index in [0.29, 0.717) is 18.4 Å². The second-order valence-corrected chi connectivity index (χ2v) is 7.85. The normalized spacial score (nSPS) is 13.9. The summed E-state index contributed by atoms with van der Waals surface area (Å²) in [6, 6.07) is 0. The zero-order valence-electron chi connectivity index (χ0n) is 16.0. The van der Waals surface area contributed by atoms with Gasteiger partial charge in [-0.25, -0.2) is 26.7 Å². The topological polar surface area (TPSA) is 55.4 Å². The third-order valence-electron chi connectivity index (χ3n) is 4.81. The molecule has 30 heavy (non-hydrogen) atoms. The number of anilines is 1. The number of aryl methyl sites for hydroxylation is 1. The van der Waals surface area contributed by atoms with E-state index in [2.05, 4.69) is 5.32 Å². The van der Waals surface area contributed by atoms with Gasteiger partial charge in [-0.3, -0.25) is 4.79 Å². The van der Waals surface area contributed by atoms with E-state index >= 15 is 0 Å². The lowest BCUT2D eigenvalue weighted by Crippen LogP contribution is -2.20. The van der Waals surface area contributed by atoms with Crippen LogP contribution >= 0.6 is 11.3 Å². The number of carbonyl (C=O) groups excluding carboxylic acids is 2. The van der Waals surface area contributed by atoms with Crippen LogP contribution in [0.4, 0.5) is 27.0 Å². The maximum Gasteiger partial charge on any atom is 0.341 e. The summed E-state index contributed by atoms with van der Waals surface area (Å²) >= 11 is 1.05. The van der Waals surface area contributed by atoms with Crippen LogP contribution < -0.4 is 5.32 Å². The van der Waals surface area contributed by atoms with Gasteiger partial charge in [0.25, 0.3) is 5.91 Å². The number of fused-ring (bicyclic) bond motifs is 1. The molecule has 1 amide bonds. The Kier molecular flexibility index (Phi) is 6.74. The van der Waals surface area contributed by atoms with Gasteiger partial charge in [-0.1, -0.05) is 12.8 Å². The fourth-order valence-corrected chi connectivity index (χ4v) is 4.67. The molecule has 10 heteroatoms. The van der Waals surface area contributed by atoms with Crippen molar-refractivity contribution in [1.82, 2.24) is 0 Å². The Hall–Kier alpha value is -2.49. The van der Waals surface area contributed by atoms with E-state index in [4.69, 9.17) is 4.74 Å². The maximum absolute atomic E-state index is 14.0. The molecule has 162 valence electrons. The first-order valence-corrected chi connectivity index (χ1v) is 10.2. The van der Waals surface area contributed by atoms with Crippen LogP contribution in [0.2, 0.25) is 0 Å². The number of hydrogen-bond acceptors (Lipinski definition) is 4. The molecule has 0 saturated carbocycles. The zero-order chi connectivity index (χ0) is 22.0. The van der Waals surface area contributed by atoms with Gasteiger partial charge in [0.1, 0.15) is 10.6 Å². The van der Waals surface area contributed by atoms with Crippen molar-refractivity contribution in [2.24, 2.45) is 0 Å². The lowest BCUT2D eigenvalue weighted by Gasteiger charge is -2.12. The average Bonchev–Trinajstić information content (AvgIpc) is 3.01. The van der Waals surface area contributed by atoms with Crippen molar-refractivity contribution in [2.75, 3.05) is 11.9 Å². The standard InChI is InChI=1S/C20H18F5NO3S/c1-2-29-20(28)11-9-7-5-3-4-6-8-10(9)30-19(11)26-18(27)12-13(21)15(23)17(25)16(24)14(12)22/h2-8H2,1H3,(H,26,27). The molecular formula is C20H18F5NO3S. The lowest BCUT2D eigenvalue weighted by molar-refractivity contribution is 0.0526. The Morgan fingerprint density at radius 3 is 2.03 bits per heavy atom. The summed E-state index contributed by atoms with van der Waals surface area (Å²) in [5, 5.41) is 2.13. The first kappa shape index (κ1) is 22.2. The summed E-state index contributed by atoms with van der Waals surface area (Å²) in [6.07, 6.45) is 4.83. The van der Waals surface area contributed by atoms with Crippen molar-refractivity contribution in [3.8, 4) is 0 Å². The largest absolute Gasteiger partial charge is 0.462 e. The quantitative estimate of drug-likeness (QED) is 0.290. The number of nitrogens with one attached hydrogen (secondary N) is 1. The zero-order valence-corrected chi connectivity index (χ0v) is 16.8. The molecule has 1 heterocycles. The van der Waals surface area contributed by atoms with Gasteiger partial charge in [0.2, 0.25) is 5.82 Å². The molecule has 0 fully saturated rings. The van der Waals surface area contributed by atoms with Crippen LogP contribution in [0, 0.1) is 29.1 Å². The number of hydrogen-bond donors (Lipinski definition) is 1. The highest BCUT2D eigenvalue weighted by molar-refractivity contribution is 7.17. The maximum atomic E-state index is 14.0. The number of thiophene rings is 1. The van der Waals surface area contributed by atoms with Crippen LogP contribution in [-0.2, 0) is 17.6 Å². The van der Waals surface area contributed by atoms with Gasteiger partial charge in [0.15, 0.2) is 23.3 Å². The molecule has 0 atom stereocenters. The molecule has 1 N–H and O–H groups in total. The van der Waals surface area contributed by atoms with Crippen molar-refractivity contribution in [2.45, 2.75) is 45.4 Å². The molecule has 4 nitrogen and oxygen atoms in total. The molecule has 3 rings (SSSR count). The Morgan fingerprint density at radius 2 is 1.43 bits per heavy atom. The molecule has 1 aromatic carbocycles. The summed E-state index contributed by atoms with van der Waals surface area (Å²) < 4.78 is 73.3. The van der Waals surface area contributed by atoms with E-state index in [1.54, 1.807) is 6.92 Å². The van der Waals surface area contributed by atoms with Gasteiger partial charge in [0.05, 0.1) is 12.2 Å². The van der Waals surface area contributed by atoms with Gasteiger partial charge in [-0.2, -0.15) is 0 Å². The Bertz CT molecular complexity index is 976. The van der Waals surface area contributed by atoms with E-state index in [1.807, 2.05) is 0 Å². The molecule has 0 saturated heterocycles. The summed E-state index contributed by atoms with van der Waals surface area (Å²) in [5.74, 6) is -13.5. The molecule has 2 aromatic rings. The molecule has 0 aliphatic heterocycles. The highest BCUT2D eigenvalue weighted by Gasteiger charge is 2.32.